The zero-order valence-electron chi connectivity index (χ0n) is 9.74. The number of rotatable bonds is 1. The summed E-state index contributed by atoms with van der Waals surface area (Å²) in [6.07, 6.45) is 0. The van der Waals surface area contributed by atoms with Crippen molar-refractivity contribution in [2.45, 2.75) is 33.2 Å². The Kier molecular flexibility index (Phi) is 2.10. The lowest BCUT2D eigenvalue weighted by molar-refractivity contribution is -0.545. The summed E-state index contributed by atoms with van der Waals surface area (Å²) in [5.74, 6) is 0.269. The summed E-state index contributed by atoms with van der Waals surface area (Å²) in [6, 6.07) is 8.09. The van der Waals surface area contributed by atoms with E-state index in [2.05, 4.69) is 19.9 Å². The molecule has 0 bridgehead atoms. The van der Waals surface area contributed by atoms with E-state index in [0.29, 0.717) is 0 Å². The van der Waals surface area contributed by atoms with Gasteiger partial charge in [-0.3, -0.25) is 0 Å². The zero-order valence-corrected chi connectivity index (χ0v) is 9.74. The fourth-order valence-electron chi connectivity index (χ4n) is 2.31. The van der Waals surface area contributed by atoms with E-state index >= 15 is 0 Å². The lowest BCUT2D eigenvalue weighted by atomic mass is 9.91. The minimum Gasteiger partial charge on any atom is -0.623 e. The Morgan fingerprint density at radius 3 is 2.40 bits per heavy atom. The van der Waals surface area contributed by atoms with Crippen molar-refractivity contribution in [2.75, 3.05) is 0 Å². The summed E-state index contributed by atoms with van der Waals surface area (Å²) in [5, 5.41) is 12.2. The first kappa shape index (κ1) is 10.2. The van der Waals surface area contributed by atoms with Gasteiger partial charge in [0, 0.05) is 25.3 Å². The van der Waals surface area contributed by atoms with E-state index in [0.717, 1.165) is 16.8 Å². The Labute approximate surface area is 90.8 Å². The van der Waals surface area contributed by atoms with Crippen LogP contribution in [0, 0.1) is 11.1 Å². The Morgan fingerprint density at radius 1 is 1.20 bits per heavy atom. The highest BCUT2D eigenvalue weighted by Crippen LogP contribution is 2.35. The first-order valence-electron chi connectivity index (χ1n) is 5.40. The predicted molar refractivity (Wildman–Crippen MR) is 62.0 cm³/mol. The highest BCUT2D eigenvalue weighted by atomic mass is 16.5. The van der Waals surface area contributed by atoms with Gasteiger partial charge in [0.25, 0.3) is 0 Å². The zero-order chi connectivity index (χ0) is 11.2. The van der Waals surface area contributed by atoms with Crippen LogP contribution in [0.25, 0.3) is 0 Å². The molecule has 0 saturated heterocycles. The van der Waals surface area contributed by atoms with Crippen LogP contribution in [0.3, 0.4) is 0 Å². The molecule has 80 valence electrons. The van der Waals surface area contributed by atoms with E-state index in [4.69, 9.17) is 0 Å². The molecule has 2 rings (SSSR count). The first-order chi connectivity index (χ1) is 6.96. The van der Waals surface area contributed by atoms with Crippen molar-refractivity contribution in [1.29, 1.82) is 0 Å². The molecule has 0 aromatic heterocycles. The molecule has 0 saturated carbocycles. The third-order valence-corrected chi connectivity index (χ3v) is 3.14. The fraction of sp³-hybridized carbons (Fsp3) is 0.462. The van der Waals surface area contributed by atoms with Gasteiger partial charge < -0.3 is 5.21 Å². The number of fused-ring (bicyclic) bond motifs is 1. The molecule has 2 heteroatoms. The summed E-state index contributed by atoms with van der Waals surface area (Å²) in [4.78, 5) is 0. The summed E-state index contributed by atoms with van der Waals surface area (Å²) in [6.45, 7) is 8.10. The van der Waals surface area contributed by atoms with E-state index in [1.54, 1.807) is 0 Å². The summed E-state index contributed by atoms with van der Waals surface area (Å²) < 4.78 is 1.17. The van der Waals surface area contributed by atoms with Crippen molar-refractivity contribution in [1.82, 2.24) is 0 Å². The van der Waals surface area contributed by atoms with Gasteiger partial charge in [0.15, 0.2) is 11.3 Å². The lowest BCUT2D eigenvalue weighted by Gasteiger charge is -2.20. The quantitative estimate of drug-likeness (QED) is 0.509. The molecule has 0 N–H and O–H groups in total. The molecular weight excluding hydrogens is 186 g/mol. The third-order valence-electron chi connectivity index (χ3n) is 3.14. The molecule has 0 fully saturated rings. The van der Waals surface area contributed by atoms with Crippen LogP contribution in [-0.4, -0.2) is 10.5 Å². The maximum Gasteiger partial charge on any atom is 0.198 e. The van der Waals surface area contributed by atoms with Crippen LogP contribution in [0.15, 0.2) is 24.3 Å². The standard InChI is InChI=1S/C13H17NO/c1-9(2)12-10-7-5-6-8-11(10)13(3,4)14(12)15/h5-9H,1-4H3. The minimum absolute atomic E-state index is 0.269. The predicted octanol–water partition coefficient (Wildman–Crippen LogP) is 2.89. The lowest BCUT2D eigenvalue weighted by Crippen LogP contribution is -2.28. The summed E-state index contributed by atoms with van der Waals surface area (Å²) in [7, 11) is 0. The van der Waals surface area contributed by atoms with Crippen molar-refractivity contribution in [2.24, 2.45) is 5.92 Å². The van der Waals surface area contributed by atoms with Crippen LogP contribution < -0.4 is 0 Å². The maximum atomic E-state index is 12.2. The Hall–Kier alpha value is -1.31. The topological polar surface area (TPSA) is 26.1 Å². The fourth-order valence-corrected chi connectivity index (χ4v) is 2.31. The summed E-state index contributed by atoms with van der Waals surface area (Å²) >= 11 is 0. The highest BCUT2D eigenvalue weighted by Gasteiger charge is 2.42. The highest BCUT2D eigenvalue weighted by molar-refractivity contribution is 6.01. The average molecular weight is 203 g/mol. The largest absolute Gasteiger partial charge is 0.623 e. The molecule has 0 aliphatic carbocycles. The number of hydroxylamine groups is 1. The van der Waals surface area contributed by atoms with Crippen LogP contribution in [0.2, 0.25) is 0 Å². The van der Waals surface area contributed by atoms with E-state index < -0.39 is 5.54 Å². The van der Waals surface area contributed by atoms with Gasteiger partial charge in [0.1, 0.15) is 0 Å². The Bertz CT molecular complexity index is 430. The molecule has 0 amide bonds. The van der Waals surface area contributed by atoms with Gasteiger partial charge in [-0.15, -0.1) is 0 Å². The summed E-state index contributed by atoms with van der Waals surface area (Å²) in [5.41, 5.74) is 2.75. The van der Waals surface area contributed by atoms with E-state index in [-0.39, 0.29) is 5.92 Å². The average Bonchev–Trinajstić information content (AvgIpc) is 2.36. The second-order valence-electron chi connectivity index (χ2n) is 4.94. The van der Waals surface area contributed by atoms with Crippen LogP contribution in [0.4, 0.5) is 0 Å². The molecule has 0 atom stereocenters. The Morgan fingerprint density at radius 2 is 1.80 bits per heavy atom. The Balaban J connectivity index is 2.71. The number of benzene rings is 1. The molecule has 1 heterocycles. The normalized spacial score (nSPS) is 18.5. The third kappa shape index (κ3) is 1.28. The van der Waals surface area contributed by atoms with E-state index in [1.807, 2.05) is 32.0 Å². The van der Waals surface area contributed by atoms with Crippen LogP contribution in [0.5, 0.6) is 0 Å². The molecule has 1 aromatic carbocycles. The van der Waals surface area contributed by atoms with Crippen molar-refractivity contribution >= 4 is 5.71 Å². The van der Waals surface area contributed by atoms with Crippen LogP contribution >= 0.6 is 0 Å². The van der Waals surface area contributed by atoms with E-state index in [1.165, 1.54) is 4.74 Å². The molecule has 1 aliphatic rings. The van der Waals surface area contributed by atoms with Crippen LogP contribution in [0.1, 0.15) is 38.8 Å². The van der Waals surface area contributed by atoms with Crippen molar-refractivity contribution in [3.63, 3.8) is 0 Å². The minimum atomic E-state index is -0.420. The molecule has 0 spiro atoms. The van der Waals surface area contributed by atoms with Gasteiger partial charge >= 0.3 is 0 Å². The van der Waals surface area contributed by atoms with Gasteiger partial charge in [-0.05, 0) is 6.07 Å². The van der Waals surface area contributed by atoms with Gasteiger partial charge in [0.05, 0.1) is 5.56 Å². The van der Waals surface area contributed by atoms with Crippen molar-refractivity contribution in [3.05, 3.63) is 40.6 Å². The van der Waals surface area contributed by atoms with Gasteiger partial charge in [-0.25, -0.2) is 0 Å². The molecule has 0 radical (unpaired) electrons. The molecule has 1 aromatic rings. The first-order valence-corrected chi connectivity index (χ1v) is 5.40. The number of nitrogens with zero attached hydrogens (tertiary/aromatic N) is 1. The smallest absolute Gasteiger partial charge is 0.198 e. The van der Waals surface area contributed by atoms with E-state index in [9.17, 15) is 5.21 Å². The van der Waals surface area contributed by atoms with Gasteiger partial charge in [0.2, 0.25) is 0 Å². The maximum absolute atomic E-state index is 12.2. The van der Waals surface area contributed by atoms with Crippen molar-refractivity contribution in [3.8, 4) is 0 Å². The number of hydrogen-bond donors (Lipinski definition) is 0. The van der Waals surface area contributed by atoms with Crippen LogP contribution in [-0.2, 0) is 5.54 Å². The van der Waals surface area contributed by atoms with Gasteiger partial charge in [-0.1, -0.05) is 32.0 Å². The molecule has 0 unspecified atom stereocenters. The SMILES string of the molecule is CC(C)C1=[N+]([O-])C(C)(C)c2ccccc21. The van der Waals surface area contributed by atoms with Crippen molar-refractivity contribution < 1.29 is 4.74 Å². The second-order valence-corrected chi connectivity index (χ2v) is 4.94. The van der Waals surface area contributed by atoms with Gasteiger partial charge in [-0.2, -0.15) is 4.74 Å². The number of hydrogen-bond acceptors (Lipinski definition) is 1. The molecular formula is C13H17NO. The molecule has 2 nitrogen and oxygen atoms in total. The monoisotopic (exact) mass is 203 g/mol. The molecule has 15 heavy (non-hydrogen) atoms. The molecule has 1 aliphatic heterocycles. The second kappa shape index (κ2) is 3.09.